The molecule has 2 heterocycles. The number of fused-ring (bicyclic) bond motifs is 1. The van der Waals surface area contributed by atoms with Crippen molar-refractivity contribution in [3.05, 3.63) is 46.2 Å². The molecule has 0 spiro atoms. The Morgan fingerprint density at radius 1 is 1.43 bits per heavy atom. The highest BCUT2D eigenvalue weighted by Gasteiger charge is 2.30. The van der Waals surface area contributed by atoms with E-state index in [0.29, 0.717) is 23.5 Å². The maximum absolute atomic E-state index is 11.5. The van der Waals surface area contributed by atoms with Crippen LogP contribution < -0.4 is 0 Å². The zero-order valence-electron chi connectivity index (χ0n) is 11.2. The maximum Gasteiger partial charge on any atom is 0.337 e. The number of hydrogen-bond donors (Lipinski definition) is 1. The summed E-state index contributed by atoms with van der Waals surface area (Å²) < 4.78 is 2.03. The lowest BCUT2D eigenvalue weighted by Crippen LogP contribution is -2.08. The number of nitrogens with zero attached hydrogens (tertiary/aromatic N) is 3. The highest BCUT2D eigenvalue weighted by molar-refractivity contribution is 7.07. The number of carbonyl (C=O) groups is 1. The van der Waals surface area contributed by atoms with Crippen LogP contribution in [0.3, 0.4) is 0 Å². The molecule has 106 valence electrons. The van der Waals surface area contributed by atoms with Crippen LogP contribution >= 0.6 is 11.3 Å². The Kier molecular flexibility index (Phi) is 2.78. The third kappa shape index (κ3) is 2.12. The molecule has 1 N–H and O–H groups in total. The van der Waals surface area contributed by atoms with Crippen LogP contribution in [0.5, 0.6) is 0 Å². The molecule has 4 rings (SSSR count). The summed E-state index contributed by atoms with van der Waals surface area (Å²) in [7, 11) is 0. The summed E-state index contributed by atoms with van der Waals surface area (Å²) in [5.41, 5.74) is 4.51. The highest BCUT2D eigenvalue weighted by Crippen LogP contribution is 2.41. The van der Waals surface area contributed by atoms with Gasteiger partial charge >= 0.3 is 5.97 Å². The molecule has 1 saturated carbocycles. The number of rotatable bonds is 4. The van der Waals surface area contributed by atoms with Crippen LogP contribution in [-0.2, 0) is 6.54 Å². The fourth-order valence-electron chi connectivity index (χ4n) is 2.67. The van der Waals surface area contributed by atoms with Crippen LogP contribution in [0.4, 0.5) is 0 Å². The normalized spacial score (nSPS) is 14.7. The second-order valence-electron chi connectivity index (χ2n) is 5.29. The van der Waals surface area contributed by atoms with Crippen molar-refractivity contribution in [1.82, 2.24) is 14.5 Å². The Labute approximate surface area is 124 Å². The van der Waals surface area contributed by atoms with Gasteiger partial charge in [0.2, 0.25) is 0 Å². The predicted molar refractivity (Wildman–Crippen MR) is 79.9 cm³/mol. The molecule has 0 saturated heterocycles. The average molecular weight is 299 g/mol. The Bertz CT molecular complexity index is 819. The zero-order valence-corrected chi connectivity index (χ0v) is 12.0. The standard InChI is InChI=1S/C15H13N3O2S/c19-15(20)11-2-1-3-12-13(11)18(6-10-7-21-8-16-10)14(17-12)9-4-5-9/h1-3,7-9H,4-6H2,(H,19,20). The number of thiazole rings is 1. The van der Waals surface area contributed by atoms with E-state index in [-0.39, 0.29) is 0 Å². The molecule has 1 aliphatic carbocycles. The van der Waals surface area contributed by atoms with Crippen LogP contribution in [0, 0.1) is 0 Å². The van der Waals surface area contributed by atoms with Gasteiger partial charge in [0.1, 0.15) is 5.82 Å². The van der Waals surface area contributed by atoms with Crippen molar-refractivity contribution in [3.8, 4) is 0 Å². The van der Waals surface area contributed by atoms with Crippen molar-refractivity contribution in [2.24, 2.45) is 0 Å². The van der Waals surface area contributed by atoms with Crippen molar-refractivity contribution in [2.45, 2.75) is 25.3 Å². The van der Waals surface area contributed by atoms with Crippen molar-refractivity contribution in [1.29, 1.82) is 0 Å². The van der Waals surface area contributed by atoms with Gasteiger partial charge in [0.15, 0.2) is 0 Å². The van der Waals surface area contributed by atoms with Crippen molar-refractivity contribution in [3.63, 3.8) is 0 Å². The summed E-state index contributed by atoms with van der Waals surface area (Å²) in [6.07, 6.45) is 2.26. The van der Waals surface area contributed by atoms with E-state index >= 15 is 0 Å². The molecule has 0 atom stereocenters. The van der Waals surface area contributed by atoms with Crippen molar-refractivity contribution >= 4 is 28.3 Å². The molecule has 1 aromatic carbocycles. The molecule has 0 amide bonds. The number of para-hydroxylation sites is 1. The van der Waals surface area contributed by atoms with Crippen molar-refractivity contribution in [2.75, 3.05) is 0 Å². The molecule has 0 bridgehead atoms. The minimum Gasteiger partial charge on any atom is -0.478 e. The van der Waals surface area contributed by atoms with Gasteiger partial charge in [0, 0.05) is 11.3 Å². The third-order valence-electron chi connectivity index (χ3n) is 3.77. The monoisotopic (exact) mass is 299 g/mol. The van der Waals surface area contributed by atoms with Gasteiger partial charge in [-0.3, -0.25) is 0 Å². The Morgan fingerprint density at radius 3 is 2.95 bits per heavy atom. The number of aromatic nitrogens is 3. The first kappa shape index (κ1) is 12.5. The maximum atomic E-state index is 11.5. The van der Waals surface area contributed by atoms with E-state index in [0.717, 1.165) is 29.9 Å². The van der Waals surface area contributed by atoms with Crippen LogP contribution in [-0.4, -0.2) is 25.6 Å². The molecule has 3 aromatic rings. The van der Waals surface area contributed by atoms with E-state index in [9.17, 15) is 9.90 Å². The third-order valence-corrected chi connectivity index (χ3v) is 4.41. The van der Waals surface area contributed by atoms with Gasteiger partial charge in [-0.2, -0.15) is 0 Å². The number of hydrogen-bond acceptors (Lipinski definition) is 4. The molecule has 21 heavy (non-hydrogen) atoms. The number of carboxylic acid groups (broad SMARTS) is 1. The van der Waals surface area contributed by atoms with Gasteiger partial charge in [0.25, 0.3) is 0 Å². The van der Waals surface area contributed by atoms with E-state index in [1.165, 1.54) is 0 Å². The van der Waals surface area contributed by atoms with Crippen molar-refractivity contribution < 1.29 is 9.90 Å². The number of aromatic carboxylic acids is 1. The molecule has 6 heteroatoms. The Morgan fingerprint density at radius 2 is 2.29 bits per heavy atom. The first-order chi connectivity index (χ1) is 10.2. The second-order valence-corrected chi connectivity index (χ2v) is 6.01. The molecule has 2 aromatic heterocycles. The SMILES string of the molecule is O=C(O)c1cccc2nc(C3CC3)n(Cc3cscn3)c12. The van der Waals surface area contributed by atoms with Gasteiger partial charge in [-0.05, 0) is 25.0 Å². The van der Waals surface area contributed by atoms with Gasteiger partial charge in [-0.1, -0.05) is 6.07 Å². The average Bonchev–Trinajstić information content (AvgIpc) is 3.07. The van der Waals surface area contributed by atoms with E-state index in [1.54, 1.807) is 29.0 Å². The summed E-state index contributed by atoms with van der Waals surface area (Å²) in [6.45, 7) is 0.579. The van der Waals surface area contributed by atoms with Crippen LogP contribution in [0.2, 0.25) is 0 Å². The smallest absolute Gasteiger partial charge is 0.337 e. The predicted octanol–water partition coefficient (Wildman–Crippen LogP) is 3.12. The molecular formula is C15H13N3O2S. The number of imidazole rings is 1. The molecular weight excluding hydrogens is 286 g/mol. The molecule has 0 unspecified atom stereocenters. The lowest BCUT2D eigenvalue weighted by Gasteiger charge is -2.08. The lowest BCUT2D eigenvalue weighted by atomic mass is 10.2. The van der Waals surface area contributed by atoms with E-state index in [4.69, 9.17) is 0 Å². The second kappa shape index (κ2) is 4.66. The first-order valence-corrected chi connectivity index (χ1v) is 7.78. The van der Waals surface area contributed by atoms with Gasteiger partial charge < -0.3 is 9.67 Å². The van der Waals surface area contributed by atoms with Crippen LogP contribution in [0.1, 0.15) is 40.6 Å². The summed E-state index contributed by atoms with van der Waals surface area (Å²) in [5, 5.41) is 11.4. The molecule has 5 nitrogen and oxygen atoms in total. The Hall–Kier alpha value is -2.21. The summed E-state index contributed by atoms with van der Waals surface area (Å²) in [4.78, 5) is 20.5. The van der Waals surface area contributed by atoms with Gasteiger partial charge in [0.05, 0.1) is 34.3 Å². The molecule has 0 radical (unpaired) electrons. The molecule has 0 aliphatic heterocycles. The van der Waals surface area contributed by atoms with E-state index in [2.05, 4.69) is 9.97 Å². The van der Waals surface area contributed by atoms with Crippen LogP contribution in [0.15, 0.2) is 29.1 Å². The largest absolute Gasteiger partial charge is 0.478 e. The lowest BCUT2D eigenvalue weighted by molar-refractivity contribution is 0.0698. The van der Waals surface area contributed by atoms with E-state index < -0.39 is 5.97 Å². The summed E-state index contributed by atoms with van der Waals surface area (Å²) >= 11 is 1.55. The fraction of sp³-hybridized carbons (Fsp3) is 0.267. The van der Waals surface area contributed by atoms with Crippen LogP contribution in [0.25, 0.3) is 11.0 Å². The number of benzene rings is 1. The summed E-state index contributed by atoms with van der Waals surface area (Å²) in [5.74, 6) is 0.534. The minimum absolute atomic E-state index is 0.308. The molecule has 1 aliphatic rings. The van der Waals surface area contributed by atoms with E-state index in [1.807, 2.05) is 16.0 Å². The molecule has 1 fully saturated rings. The fourth-order valence-corrected chi connectivity index (χ4v) is 3.22. The minimum atomic E-state index is -0.914. The van der Waals surface area contributed by atoms with Gasteiger partial charge in [-0.25, -0.2) is 14.8 Å². The summed E-state index contributed by atoms with van der Waals surface area (Å²) in [6, 6.07) is 5.27. The highest BCUT2D eigenvalue weighted by atomic mass is 32.1. The topological polar surface area (TPSA) is 68.0 Å². The Balaban J connectivity index is 1.95. The first-order valence-electron chi connectivity index (χ1n) is 6.83. The zero-order chi connectivity index (χ0) is 14.4. The van der Waals surface area contributed by atoms with Gasteiger partial charge in [-0.15, -0.1) is 11.3 Å². The quantitative estimate of drug-likeness (QED) is 0.803. The number of carboxylic acids is 1.